The Morgan fingerprint density at radius 3 is 2.49 bits per heavy atom. The van der Waals surface area contributed by atoms with Crippen molar-refractivity contribution in [2.45, 2.75) is 33.2 Å². The SMILES string of the molecule is CCOc1cc([C@H]2/C(=C(\O)c3ccc4c(c3)OCCO4)C(=O)C(=O)N2CCCN(CC)CC)ccc1O. The minimum absolute atomic E-state index is 0.0161. The van der Waals surface area contributed by atoms with Crippen LogP contribution in [0.5, 0.6) is 23.0 Å². The molecule has 198 valence electrons. The summed E-state index contributed by atoms with van der Waals surface area (Å²) in [4.78, 5) is 30.3. The van der Waals surface area contributed by atoms with E-state index in [1.54, 1.807) is 37.3 Å². The molecule has 0 radical (unpaired) electrons. The van der Waals surface area contributed by atoms with Crippen LogP contribution in [0.3, 0.4) is 0 Å². The van der Waals surface area contributed by atoms with Crippen LogP contribution in [0, 0.1) is 0 Å². The highest BCUT2D eigenvalue weighted by Gasteiger charge is 2.46. The number of hydrogen-bond donors (Lipinski definition) is 2. The molecule has 2 aliphatic heterocycles. The van der Waals surface area contributed by atoms with E-state index in [4.69, 9.17) is 14.2 Å². The summed E-state index contributed by atoms with van der Waals surface area (Å²) in [5.74, 6) is -0.512. The van der Waals surface area contributed by atoms with Gasteiger partial charge < -0.3 is 34.2 Å². The van der Waals surface area contributed by atoms with E-state index in [1.807, 2.05) is 0 Å². The van der Waals surface area contributed by atoms with Crippen molar-refractivity contribution < 1.29 is 34.0 Å². The van der Waals surface area contributed by atoms with Crippen molar-refractivity contribution in [1.29, 1.82) is 0 Å². The highest BCUT2D eigenvalue weighted by Crippen LogP contribution is 2.43. The van der Waals surface area contributed by atoms with E-state index in [-0.39, 0.29) is 22.8 Å². The van der Waals surface area contributed by atoms with E-state index in [2.05, 4.69) is 18.7 Å². The van der Waals surface area contributed by atoms with Crippen molar-refractivity contribution in [3.63, 3.8) is 0 Å². The van der Waals surface area contributed by atoms with Crippen LogP contribution in [0.4, 0.5) is 0 Å². The molecule has 2 aliphatic rings. The van der Waals surface area contributed by atoms with Gasteiger partial charge in [-0.1, -0.05) is 19.9 Å². The molecule has 0 unspecified atom stereocenters. The summed E-state index contributed by atoms with van der Waals surface area (Å²) >= 11 is 0. The normalized spacial score (nSPS) is 18.5. The van der Waals surface area contributed by atoms with E-state index < -0.39 is 17.7 Å². The summed E-state index contributed by atoms with van der Waals surface area (Å²) in [5, 5.41) is 21.6. The molecule has 0 spiro atoms. The predicted molar refractivity (Wildman–Crippen MR) is 138 cm³/mol. The van der Waals surface area contributed by atoms with E-state index in [9.17, 15) is 19.8 Å². The van der Waals surface area contributed by atoms with Crippen LogP contribution < -0.4 is 14.2 Å². The molecule has 0 aromatic heterocycles. The van der Waals surface area contributed by atoms with Gasteiger partial charge in [0.2, 0.25) is 0 Å². The molecule has 1 saturated heterocycles. The van der Waals surface area contributed by atoms with E-state index in [1.165, 1.54) is 11.0 Å². The summed E-state index contributed by atoms with van der Waals surface area (Å²) < 4.78 is 16.8. The number of carbonyl (C=O) groups excluding carboxylic acids is 2. The topological polar surface area (TPSA) is 109 Å². The number of fused-ring (bicyclic) bond motifs is 1. The predicted octanol–water partition coefficient (Wildman–Crippen LogP) is 3.72. The Morgan fingerprint density at radius 2 is 1.78 bits per heavy atom. The number of hydrogen-bond acceptors (Lipinski definition) is 8. The van der Waals surface area contributed by atoms with Crippen molar-refractivity contribution >= 4 is 17.4 Å². The maximum atomic E-state index is 13.3. The second kappa shape index (κ2) is 11.6. The molecule has 1 atom stereocenters. The Hall–Kier alpha value is -3.72. The van der Waals surface area contributed by atoms with Gasteiger partial charge in [0.25, 0.3) is 11.7 Å². The standard InChI is InChI=1S/C28H34N2O7/c1-4-29(5-2)12-7-13-30-25(18-8-10-20(31)22(16-18)35-6-3)24(27(33)28(30)34)26(32)19-9-11-21-23(17-19)37-15-14-36-21/h8-11,16-17,25,31-32H,4-7,12-15H2,1-3H3/b26-24+/t25-/m0/s1. The fourth-order valence-corrected chi connectivity index (χ4v) is 4.78. The molecule has 0 bridgehead atoms. The summed E-state index contributed by atoms with van der Waals surface area (Å²) in [6.45, 7) is 9.97. The Kier molecular flexibility index (Phi) is 8.23. The molecule has 2 heterocycles. The van der Waals surface area contributed by atoms with E-state index in [0.717, 1.165) is 19.6 Å². The van der Waals surface area contributed by atoms with Gasteiger partial charge >= 0.3 is 0 Å². The molecular weight excluding hydrogens is 476 g/mol. The number of nitrogens with zero attached hydrogens (tertiary/aromatic N) is 2. The molecule has 9 heteroatoms. The fourth-order valence-electron chi connectivity index (χ4n) is 4.78. The maximum Gasteiger partial charge on any atom is 0.295 e. The third-order valence-electron chi connectivity index (χ3n) is 6.72. The minimum atomic E-state index is -0.843. The van der Waals surface area contributed by atoms with E-state index in [0.29, 0.717) is 55.4 Å². The van der Waals surface area contributed by atoms with Gasteiger partial charge in [-0.25, -0.2) is 0 Å². The van der Waals surface area contributed by atoms with Crippen molar-refractivity contribution in [3.05, 3.63) is 53.1 Å². The molecular formula is C28H34N2O7. The fraction of sp³-hybridized carbons (Fsp3) is 0.429. The first-order valence-corrected chi connectivity index (χ1v) is 12.8. The largest absolute Gasteiger partial charge is 0.507 e. The van der Waals surface area contributed by atoms with Gasteiger partial charge in [-0.3, -0.25) is 9.59 Å². The monoisotopic (exact) mass is 510 g/mol. The number of ketones is 1. The Balaban J connectivity index is 1.77. The number of aliphatic hydroxyl groups excluding tert-OH is 1. The number of Topliss-reactive ketones (excluding diaryl/α,β-unsaturated/α-hetero) is 1. The van der Waals surface area contributed by atoms with Crippen molar-refractivity contribution in [2.75, 3.05) is 46.0 Å². The summed E-state index contributed by atoms with van der Waals surface area (Å²) in [6.07, 6.45) is 0.658. The van der Waals surface area contributed by atoms with Gasteiger partial charge in [0.15, 0.2) is 23.0 Å². The summed E-state index contributed by atoms with van der Waals surface area (Å²) in [5.41, 5.74) is 0.888. The van der Waals surface area contributed by atoms with Gasteiger partial charge in [0.1, 0.15) is 19.0 Å². The molecule has 4 rings (SSSR count). The first-order chi connectivity index (χ1) is 17.9. The smallest absolute Gasteiger partial charge is 0.295 e. The van der Waals surface area contributed by atoms with E-state index >= 15 is 0 Å². The van der Waals surface area contributed by atoms with Gasteiger partial charge in [0, 0.05) is 12.1 Å². The molecule has 0 saturated carbocycles. The maximum absolute atomic E-state index is 13.3. The first kappa shape index (κ1) is 26.3. The van der Waals surface area contributed by atoms with Gasteiger partial charge in [-0.2, -0.15) is 0 Å². The quantitative estimate of drug-likeness (QED) is 0.283. The second-order valence-electron chi connectivity index (χ2n) is 8.89. The lowest BCUT2D eigenvalue weighted by Crippen LogP contribution is -2.33. The number of rotatable bonds is 10. The highest BCUT2D eigenvalue weighted by molar-refractivity contribution is 6.46. The average molecular weight is 511 g/mol. The zero-order valence-corrected chi connectivity index (χ0v) is 21.5. The van der Waals surface area contributed by atoms with Crippen LogP contribution in [-0.4, -0.2) is 77.7 Å². The third-order valence-corrected chi connectivity index (χ3v) is 6.72. The Morgan fingerprint density at radius 1 is 1.05 bits per heavy atom. The lowest BCUT2D eigenvalue weighted by Gasteiger charge is -2.27. The second-order valence-corrected chi connectivity index (χ2v) is 8.89. The molecule has 0 aliphatic carbocycles. The Labute approximate surface area is 216 Å². The number of ether oxygens (including phenoxy) is 3. The molecule has 2 N–H and O–H groups in total. The van der Waals surface area contributed by atoms with Crippen molar-refractivity contribution in [2.24, 2.45) is 0 Å². The lowest BCUT2D eigenvalue weighted by molar-refractivity contribution is -0.140. The van der Waals surface area contributed by atoms with Gasteiger partial charge in [-0.15, -0.1) is 0 Å². The molecule has 1 fully saturated rings. The van der Waals surface area contributed by atoms with Crippen LogP contribution in [0.1, 0.15) is 44.4 Å². The van der Waals surface area contributed by atoms with Crippen molar-refractivity contribution in [1.82, 2.24) is 9.80 Å². The summed E-state index contributed by atoms with van der Waals surface area (Å²) in [7, 11) is 0. The van der Waals surface area contributed by atoms with Crippen molar-refractivity contribution in [3.8, 4) is 23.0 Å². The van der Waals surface area contributed by atoms with Crippen LogP contribution in [-0.2, 0) is 9.59 Å². The minimum Gasteiger partial charge on any atom is -0.507 e. The molecule has 2 aromatic rings. The zero-order chi connectivity index (χ0) is 26.5. The van der Waals surface area contributed by atoms with Crippen LogP contribution >= 0.6 is 0 Å². The number of carbonyl (C=O) groups is 2. The highest BCUT2D eigenvalue weighted by atomic mass is 16.6. The number of aromatic hydroxyl groups is 1. The molecule has 2 aromatic carbocycles. The first-order valence-electron chi connectivity index (χ1n) is 12.8. The van der Waals surface area contributed by atoms with Crippen LogP contribution in [0.15, 0.2) is 42.0 Å². The van der Waals surface area contributed by atoms with Gasteiger partial charge in [0.05, 0.1) is 18.2 Å². The molecule has 37 heavy (non-hydrogen) atoms. The summed E-state index contributed by atoms with van der Waals surface area (Å²) in [6, 6.07) is 8.80. The zero-order valence-electron chi connectivity index (χ0n) is 21.5. The average Bonchev–Trinajstić information content (AvgIpc) is 3.16. The lowest BCUT2D eigenvalue weighted by atomic mass is 9.94. The number of benzene rings is 2. The number of aliphatic hydroxyl groups is 1. The molecule has 9 nitrogen and oxygen atoms in total. The number of amides is 1. The Bertz CT molecular complexity index is 1190. The number of phenols is 1. The number of phenolic OH excluding ortho intramolecular Hbond substituents is 1. The number of likely N-dealkylation sites (tertiary alicyclic amines) is 1. The third kappa shape index (κ3) is 5.36. The van der Waals surface area contributed by atoms with Gasteiger partial charge in [-0.05, 0) is 68.9 Å². The van der Waals surface area contributed by atoms with Crippen LogP contribution in [0.25, 0.3) is 5.76 Å². The van der Waals surface area contributed by atoms with Crippen LogP contribution in [0.2, 0.25) is 0 Å². The molecule has 1 amide bonds.